The van der Waals surface area contributed by atoms with Crippen molar-refractivity contribution in [2.45, 2.75) is 71.1 Å². The van der Waals surface area contributed by atoms with Crippen molar-refractivity contribution in [3.8, 4) is 0 Å². The molecule has 0 radical (unpaired) electrons. The van der Waals surface area contributed by atoms with E-state index in [2.05, 4.69) is 6.92 Å². The summed E-state index contributed by atoms with van der Waals surface area (Å²) in [7, 11) is 0. The van der Waals surface area contributed by atoms with Crippen molar-refractivity contribution in [3.05, 3.63) is 35.4 Å². The van der Waals surface area contributed by atoms with E-state index in [1.807, 2.05) is 31.2 Å². The highest BCUT2D eigenvalue weighted by Gasteiger charge is 2.20. The van der Waals surface area contributed by atoms with Crippen molar-refractivity contribution >= 4 is 5.97 Å². The van der Waals surface area contributed by atoms with Gasteiger partial charge in [0.25, 0.3) is 0 Å². The average Bonchev–Trinajstić information content (AvgIpc) is 2.43. The lowest BCUT2D eigenvalue weighted by Gasteiger charge is -2.15. The monoisotopic (exact) mass is 276 g/mol. The van der Waals surface area contributed by atoms with Crippen LogP contribution in [0.5, 0.6) is 0 Å². The van der Waals surface area contributed by atoms with Crippen molar-refractivity contribution in [1.82, 2.24) is 0 Å². The lowest BCUT2D eigenvalue weighted by Crippen LogP contribution is -2.12. The zero-order valence-electron chi connectivity index (χ0n) is 12.9. The fourth-order valence-electron chi connectivity index (χ4n) is 2.70. The Labute approximate surface area is 123 Å². The molecule has 1 aromatic rings. The number of aryl methyl sites for hydroxylation is 1. The van der Waals surface area contributed by atoms with E-state index >= 15 is 0 Å². The quantitative estimate of drug-likeness (QED) is 0.588. The first kappa shape index (κ1) is 16.7. The molecule has 1 aromatic carbocycles. The van der Waals surface area contributed by atoms with Gasteiger partial charge in [-0.3, -0.25) is 4.79 Å². The fourth-order valence-corrected chi connectivity index (χ4v) is 2.70. The van der Waals surface area contributed by atoms with Gasteiger partial charge in [-0.1, -0.05) is 76.1 Å². The van der Waals surface area contributed by atoms with Crippen LogP contribution < -0.4 is 0 Å². The number of aliphatic carboxylic acids is 1. The third-order valence-electron chi connectivity index (χ3n) is 3.96. The van der Waals surface area contributed by atoms with Gasteiger partial charge in [0.15, 0.2) is 0 Å². The normalized spacial score (nSPS) is 12.3. The average molecular weight is 276 g/mol. The summed E-state index contributed by atoms with van der Waals surface area (Å²) >= 11 is 0. The highest BCUT2D eigenvalue weighted by molar-refractivity contribution is 5.76. The summed E-state index contributed by atoms with van der Waals surface area (Å²) in [4.78, 5) is 11.5. The first-order valence-corrected chi connectivity index (χ1v) is 7.95. The first-order chi connectivity index (χ1) is 9.66. The van der Waals surface area contributed by atoms with Crippen LogP contribution in [0.15, 0.2) is 24.3 Å². The summed E-state index contributed by atoms with van der Waals surface area (Å²) in [6.45, 7) is 4.22. The van der Waals surface area contributed by atoms with Crippen molar-refractivity contribution in [2.24, 2.45) is 0 Å². The molecule has 112 valence electrons. The van der Waals surface area contributed by atoms with E-state index in [0.717, 1.165) is 30.4 Å². The Hall–Kier alpha value is -1.31. The van der Waals surface area contributed by atoms with Crippen LogP contribution in [0.4, 0.5) is 0 Å². The molecular weight excluding hydrogens is 248 g/mol. The Bertz CT molecular complexity index is 398. The van der Waals surface area contributed by atoms with Crippen LogP contribution in [0.1, 0.15) is 75.3 Å². The molecule has 1 rings (SSSR count). The zero-order chi connectivity index (χ0) is 14.8. The van der Waals surface area contributed by atoms with Gasteiger partial charge in [0.2, 0.25) is 0 Å². The third kappa shape index (κ3) is 5.77. The molecule has 2 heteroatoms. The predicted octanol–water partition coefficient (Wildman–Crippen LogP) is 5.30. The van der Waals surface area contributed by atoms with Gasteiger partial charge in [-0.15, -0.1) is 0 Å². The van der Waals surface area contributed by atoms with E-state index in [-0.39, 0.29) is 5.92 Å². The molecule has 0 saturated carbocycles. The minimum Gasteiger partial charge on any atom is -0.481 e. The molecule has 0 spiro atoms. The second-order valence-corrected chi connectivity index (χ2v) is 5.66. The second-order valence-electron chi connectivity index (χ2n) is 5.66. The summed E-state index contributed by atoms with van der Waals surface area (Å²) in [5.41, 5.74) is 2.06. The molecule has 0 aliphatic carbocycles. The van der Waals surface area contributed by atoms with Gasteiger partial charge in [0.05, 0.1) is 5.92 Å². The largest absolute Gasteiger partial charge is 0.481 e. The highest BCUT2D eigenvalue weighted by Crippen LogP contribution is 2.26. The number of unbranched alkanes of at least 4 members (excludes halogenated alkanes) is 6. The van der Waals surface area contributed by atoms with Gasteiger partial charge >= 0.3 is 5.97 Å². The van der Waals surface area contributed by atoms with Crippen LogP contribution in [0.3, 0.4) is 0 Å². The molecule has 0 saturated heterocycles. The number of benzene rings is 1. The van der Waals surface area contributed by atoms with Crippen molar-refractivity contribution in [1.29, 1.82) is 0 Å². The van der Waals surface area contributed by atoms with E-state index in [1.54, 1.807) is 0 Å². The molecule has 0 aliphatic rings. The highest BCUT2D eigenvalue weighted by atomic mass is 16.4. The van der Waals surface area contributed by atoms with Crippen molar-refractivity contribution < 1.29 is 9.90 Å². The summed E-state index contributed by atoms with van der Waals surface area (Å²) < 4.78 is 0. The molecular formula is C18H28O2. The summed E-state index contributed by atoms with van der Waals surface area (Å²) in [5.74, 6) is -1.03. The van der Waals surface area contributed by atoms with Crippen LogP contribution >= 0.6 is 0 Å². The third-order valence-corrected chi connectivity index (χ3v) is 3.96. The van der Waals surface area contributed by atoms with Crippen LogP contribution in [0.25, 0.3) is 0 Å². The molecule has 2 nitrogen and oxygen atoms in total. The summed E-state index contributed by atoms with van der Waals surface area (Å²) in [6.07, 6.45) is 9.35. The Morgan fingerprint density at radius 1 is 1.05 bits per heavy atom. The fraction of sp³-hybridized carbons (Fsp3) is 0.611. The SMILES string of the molecule is CCCCCCCCCC(C(=O)O)c1ccccc1C. The molecule has 0 fully saturated rings. The van der Waals surface area contributed by atoms with Crippen LogP contribution in [0.2, 0.25) is 0 Å². The van der Waals surface area contributed by atoms with Crippen molar-refractivity contribution in [3.63, 3.8) is 0 Å². The summed E-state index contributed by atoms with van der Waals surface area (Å²) in [6, 6.07) is 7.85. The maximum absolute atomic E-state index is 11.5. The number of hydrogen-bond donors (Lipinski definition) is 1. The molecule has 20 heavy (non-hydrogen) atoms. The topological polar surface area (TPSA) is 37.3 Å². The second kappa shape index (κ2) is 9.57. The zero-order valence-corrected chi connectivity index (χ0v) is 12.9. The Balaban J connectivity index is 2.38. The molecule has 0 aliphatic heterocycles. The van der Waals surface area contributed by atoms with Gasteiger partial charge in [0.1, 0.15) is 0 Å². The van der Waals surface area contributed by atoms with Gasteiger partial charge in [0, 0.05) is 0 Å². The van der Waals surface area contributed by atoms with Crippen LogP contribution in [-0.2, 0) is 4.79 Å². The number of carbonyl (C=O) groups is 1. The minimum absolute atomic E-state index is 0.341. The van der Waals surface area contributed by atoms with Gasteiger partial charge in [-0.25, -0.2) is 0 Å². The van der Waals surface area contributed by atoms with E-state index < -0.39 is 5.97 Å². The van der Waals surface area contributed by atoms with Gasteiger partial charge in [-0.05, 0) is 24.5 Å². The smallest absolute Gasteiger partial charge is 0.310 e. The van der Waals surface area contributed by atoms with Crippen LogP contribution in [0, 0.1) is 6.92 Å². The van der Waals surface area contributed by atoms with E-state index in [4.69, 9.17) is 0 Å². The predicted molar refractivity (Wildman–Crippen MR) is 84.2 cm³/mol. The Morgan fingerprint density at radius 3 is 2.25 bits per heavy atom. The first-order valence-electron chi connectivity index (χ1n) is 7.95. The van der Waals surface area contributed by atoms with Gasteiger partial charge in [-0.2, -0.15) is 0 Å². The van der Waals surface area contributed by atoms with E-state index in [1.165, 1.54) is 32.1 Å². The van der Waals surface area contributed by atoms with E-state index in [9.17, 15) is 9.90 Å². The number of rotatable bonds is 10. The molecule has 0 amide bonds. The Morgan fingerprint density at radius 2 is 1.65 bits per heavy atom. The van der Waals surface area contributed by atoms with Gasteiger partial charge < -0.3 is 5.11 Å². The molecule has 1 N–H and O–H groups in total. The maximum atomic E-state index is 11.5. The van der Waals surface area contributed by atoms with E-state index in [0.29, 0.717) is 0 Å². The van der Waals surface area contributed by atoms with Crippen molar-refractivity contribution in [2.75, 3.05) is 0 Å². The minimum atomic E-state index is -0.690. The molecule has 0 aromatic heterocycles. The molecule has 0 bridgehead atoms. The maximum Gasteiger partial charge on any atom is 0.310 e. The Kier molecular flexibility index (Phi) is 8.01. The number of carboxylic acids is 1. The molecule has 1 unspecified atom stereocenters. The number of hydrogen-bond acceptors (Lipinski definition) is 1. The lowest BCUT2D eigenvalue weighted by atomic mass is 9.90. The molecule has 1 atom stereocenters. The number of carboxylic acid groups (broad SMARTS) is 1. The van der Waals surface area contributed by atoms with Crippen LogP contribution in [-0.4, -0.2) is 11.1 Å². The lowest BCUT2D eigenvalue weighted by molar-refractivity contribution is -0.139. The molecule has 0 heterocycles. The summed E-state index contributed by atoms with van der Waals surface area (Å²) in [5, 5.41) is 9.42. The standard InChI is InChI=1S/C18H28O2/c1-3-4-5-6-7-8-9-14-17(18(19)20)16-13-11-10-12-15(16)2/h10-13,17H,3-9,14H2,1-2H3,(H,19,20).